The molecule has 0 bridgehead atoms. The maximum absolute atomic E-state index is 4.47. The molecule has 3 nitrogen and oxygen atoms in total. The van der Waals surface area contributed by atoms with Crippen LogP contribution in [0.3, 0.4) is 0 Å². The lowest BCUT2D eigenvalue weighted by Crippen LogP contribution is -1.98. The molecule has 4 heteroatoms. The van der Waals surface area contributed by atoms with Gasteiger partial charge in [0.15, 0.2) is 0 Å². The predicted molar refractivity (Wildman–Crippen MR) is 46.7 cm³/mol. The van der Waals surface area contributed by atoms with Crippen LogP contribution >= 0.6 is 0 Å². The van der Waals surface area contributed by atoms with E-state index in [9.17, 15) is 0 Å². The van der Waals surface area contributed by atoms with Gasteiger partial charge in [-0.25, -0.2) is 10.4 Å². The van der Waals surface area contributed by atoms with E-state index in [1.165, 1.54) is 7.11 Å². The molecule has 0 atom stereocenters. The van der Waals surface area contributed by atoms with Crippen LogP contribution in [0.5, 0.6) is 0 Å². The van der Waals surface area contributed by atoms with E-state index in [0.717, 1.165) is 5.69 Å². The zero-order valence-corrected chi connectivity index (χ0v) is 8.70. The Balaban J connectivity index is 0.000001000. The highest BCUT2D eigenvalue weighted by Crippen LogP contribution is 2.03. The second kappa shape index (κ2) is 6.20. The Morgan fingerprint density at radius 3 is 2.36 bits per heavy atom. The van der Waals surface area contributed by atoms with Crippen LogP contribution in [0.15, 0.2) is 30.3 Å². The van der Waals surface area contributed by atoms with Crippen LogP contribution in [0.25, 0.3) is 0 Å². The molecule has 1 aromatic carbocycles. The molecule has 0 saturated carbocycles. The van der Waals surface area contributed by atoms with Crippen LogP contribution in [0, 0.1) is 0 Å². The normalized spacial score (nSPS) is 8.45. The number of benzene rings is 1. The van der Waals surface area contributed by atoms with E-state index in [2.05, 4.69) is 15.4 Å². The summed E-state index contributed by atoms with van der Waals surface area (Å²) >= 11 is 0. The Bertz CT molecular complexity index is 181. The average Bonchev–Trinajstić information content (AvgIpc) is 2.03. The van der Waals surface area contributed by atoms with Crippen LogP contribution in [-0.2, 0) is 9.88 Å². The van der Waals surface area contributed by atoms with Crippen molar-refractivity contribution in [3.8, 4) is 0 Å². The number of anilines is 1. The van der Waals surface area contributed by atoms with Gasteiger partial charge in [0.2, 0.25) is 0 Å². The molecule has 0 heterocycles. The molecule has 0 saturated heterocycles. The summed E-state index contributed by atoms with van der Waals surface area (Å²) in [6.07, 6.45) is 0. The largest absolute Gasteiger partial charge is 0.235 e. The Hall–Kier alpha value is -0.528. The number of hydrogen-bond acceptors (Lipinski definition) is 3. The van der Waals surface area contributed by atoms with Crippen molar-refractivity contribution in [2.24, 2.45) is 0 Å². The first-order valence-electron chi connectivity index (χ1n) is 2.94. The van der Waals surface area contributed by atoms with Gasteiger partial charge in [0.05, 0.1) is 12.8 Å². The lowest BCUT2D eigenvalue weighted by atomic mass is 10.3. The minimum absolute atomic E-state index is 0. The summed E-state index contributed by atoms with van der Waals surface area (Å²) in [5, 5.41) is 0. The van der Waals surface area contributed by atoms with Crippen LogP contribution < -0.4 is 5.48 Å². The molecule has 0 aliphatic rings. The van der Waals surface area contributed by atoms with Crippen molar-refractivity contribution < 1.29 is 9.88 Å². The molecule has 1 rings (SSSR count). The van der Waals surface area contributed by atoms with E-state index in [-0.39, 0.29) is 17.4 Å². The van der Waals surface area contributed by atoms with Gasteiger partial charge in [-0.2, -0.15) is 0 Å². The third-order valence-electron chi connectivity index (χ3n) is 1.02. The SMILES string of the molecule is COONc1ccccc1.[AlH2]. The number of para-hydroxylation sites is 1. The zero-order valence-electron chi connectivity index (χ0n) is 6.70. The van der Waals surface area contributed by atoms with E-state index in [1.807, 2.05) is 30.3 Å². The van der Waals surface area contributed by atoms with Crippen molar-refractivity contribution in [2.45, 2.75) is 0 Å². The van der Waals surface area contributed by atoms with Crippen molar-refractivity contribution in [3.63, 3.8) is 0 Å². The van der Waals surface area contributed by atoms with Crippen LogP contribution in [0.4, 0.5) is 5.69 Å². The van der Waals surface area contributed by atoms with Gasteiger partial charge in [-0.3, -0.25) is 0 Å². The van der Waals surface area contributed by atoms with E-state index in [0.29, 0.717) is 0 Å². The highest BCUT2D eigenvalue weighted by atomic mass is 27.0. The smallest absolute Gasteiger partial charge is 0.146 e. The standard InChI is InChI=1S/C7H9NO2.Al.2H/c1-9-10-8-7-5-3-2-4-6-7;;;/h2-6,8H,1H3;;;. The quantitative estimate of drug-likeness (QED) is 0.409. The Morgan fingerprint density at radius 1 is 1.18 bits per heavy atom. The van der Waals surface area contributed by atoms with Gasteiger partial charge in [0.1, 0.15) is 17.4 Å². The lowest BCUT2D eigenvalue weighted by molar-refractivity contribution is -0.248. The van der Waals surface area contributed by atoms with E-state index in [1.54, 1.807) is 0 Å². The van der Waals surface area contributed by atoms with Gasteiger partial charge in [-0.1, -0.05) is 18.2 Å². The van der Waals surface area contributed by atoms with E-state index >= 15 is 0 Å². The highest BCUT2D eigenvalue weighted by Gasteiger charge is 1.85. The minimum atomic E-state index is 0. The Kier molecular flexibility index (Phi) is 5.90. The van der Waals surface area contributed by atoms with Crippen molar-refractivity contribution in [1.29, 1.82) is 0 Å². The summed E-state index contributed by atoms with van der Waals surface area (Å²) < 4.78 is 0. The maximum Gasteiger partial charge on any atom is 0.146 e. The van der Waals surface area contributed by atoms with Crippen LogP contribution in [-0.4, -0.2) is 24.5 Å². The number of nitrogens with one attached hydrogen (secondary N) is 1. The third-order valence-corrected chi connectivity index (χ3v) is 1.02. The molecule has 0 unspecified atom stereocenters. The van der Waals surface area contributed by atoms with Gasteiger partial charge in [0.25, 0.3) is 0 Å². The van der Waals surface area contributed by atoms with Gasteiger partial charge in [-0.05, 0) is 12.1 Å². The Morgan fingerprint density at radius 2 is 1.82 bits per heavy atom. The number of hydrogen-bond donors (Lipinski definition) is 1. The predicted octanol–water partition coefficient (Wildman–Crippen LogP) is 0.675. The summed E-state index contributed by atoms with van der Waals surface area (Å²) in [4.78, 5) is 8.80. The third kappa shape index (κ3) is 4.02. The van der Waals surface area contributed by atoms with Gasteiger partial charge < -0.3 is 0 Å². The molecule has 0 aromatic heterocycles. The molecule has 0 aliphatic heterocycles. The summed E-state index contributed by atoms with van der Waals surface area (Å²) in [5.41, 5.74) is 3.44. The lowest BCUT2D eigenvalue weighted by Gasteiger charge is -2.00. The topological polar surface area (TPSA) is 30.5 Å². The van der Waals surface area contributed by atoms with Crippen molar-refractivity contribution in [2.75, 3.05) is 12.6 Å². The van der Waals surface area contributed by atoms with Gasteiger partial charge in [0, 0.05) is 0 Å². The molecule has 59 valence electrons. The number of rotatable bonds is 3. The van der Waals surface area contributed by atoms with Crippen LogP contribution in [0.1, 0.15) is 0 Å². The molecule has 0 amide bonds. The average molecular weight is 168 g/mol. The van der Waals surface area contributed by atoms with Crippen molar-refractivity contribution in [1.82, 2.24) is 0 Å². The highest BCUT2D eigenvalue weighted by molar-refractivity contribution is 5.75. The van der Waals surface area contributed by atoms with Crippen LogP contribution in [0.2, 0.25) is 0 Å². The van der Waals surface area contributed by atoms with E-state index < -0.39 is 0 Å². The molecule has 0 aliphatic carbocycles. The molecule has 11 heavy (non-hydrogen) atoms. The first-order chi connectivity index (χ1) is 4.93. The second-order valence-corrected chi connectivity index (χ2v) is 1.72. The second-order valence-electron chi connectivity index (χ2n) is 1.72. The summed E-state index contributed by atoms with van der Waals surface area (Å²) in [5.74, 6) is 0. The maximum atomic E-state index is 4.47. The first-order valence-corrected chi connectivity index (χ1v) is 2.94. The molecule has 1 N–H and O–H groups in total. The molecule has 1 aromatic rings. The fourth-order valence-electron chi connectivity index (χ4n) is 0.596. The summed E-state index contributed by atoms with van der Waals surface area (Å²) in [6, 6.07) is 9.48. The molecular weight excluding hydrogens is 157 g/mol. The van der Waals surface area contributed by atoms with Gasteiger partial charge >= 0.3 is 0 Å². The first kappa shape index (κ1) is 10.5. The summed E-state index contributed by atoms with van der Waals surface area (Å²) in [7, 11) is 1.44. The summed E-state index contributed by atoms with van der Waals surface area (Å²) in [6.45, 7) is 0. The van der Waals surface area contributed by atoms with Crippen molar-refractivity contribution >= 4 is 23.0 Å². The molecule has 1 radical (unpaired) electrons. The fourth-order valence-corrected chi connectivity index (χ4v) is 0.596. The molecule has 0 spiro atoms. The van der Waals surface area contributed by atoms with Crippen molar-refractivity contribution in [3.05, 3.63) is 30.3 Å². The fraction of sp³-hybridized carbons (Fsp3) is 0.143. The Labute approximate surface area is 76.3 Å². The zero-order chi connectivity index (χ0) is 7.23. The monoisotopic (exact) mass is 168 g/mol. The molecular formula is C7H11AlNO2. The molecule has 0 fully saturated rings. The van der Waals surface area contributed by atoms with Gasteiger partial charge in [-0.15, -0.1) is 4.99 Å². The minimum Gasteiger partial charge on any atom is -0.235 e. The van der Waals surface area contributed by atoms with E-state index in [4.69, 9.17) is 0 Å².